The minimum absolute atomic E-state index is 0.0711. The molecule has 0 aliphatic heterocycles. The van der Waals surface area contributed by atoms with Crippen LogP contribution in [0.5, 0.6) is 0 Å². The van der Waals surface area contributed by atoms with Crippen molar-refractivity contribution in [1.29, 1.82) is 0 Å². The molecule has 0 aliphatic carbocycles. The predicted octanol–water partition coefficient (Wildman–Crippen LogP) is 2.21. The highest BCUT2D eigenvalue weighted by Crippen LogP contribution is 2.25. The van der Waals surface area contributed by atoms with Gasteiger partial charge in [-0.15, -0.1) is 0 Å². The Labute approximate surface area is 138 Å². The van der Waals surface area contributed by atoms with Crippen molar-refractivity contribution in [1.82, 2.24) is 20.1 Å². The molecular weight excluding hydrogens is 327 g/mol. The van der Waals surface area contributed by atoms with Gasteiger partial charge >= 0.3 is 0 Å². The zero-order chi connectivity index (χ0) is 16.1. The van der Waals surface area contributed by atoms with Crippen LogP contribution in [0.3, 0.4) is 0 Å². The molecule has 1 amide bonds. The molecule has 8 heteroatoms. The molecule has 118 valence electrons. The number of nitrogens with zero attached hydrogens (tertiary/aromatic N) is 3. The number of amides is 1. The Bertz CT molecular complexity index is 614. The molecule has 2 N–H and O–H groups in total. The number of nitrogens with one attached hydrogen (secondary N) is 1. The molecule has 2 aromatic rings. The van der Waals surface area contributed by atoms with Gasteiger partial charge in [0, 0.05) is 16.1 Å². The minimum atomic E-state index is -0.963. The number of hydrogen-bond donors (Lipinski definition) is 2. The molecule has 2 rings (SSSR count). The smallest absolute Gasteiger partial charge is 0.223 e. The average molecular weight is 343 g/mol. The SMILES string of the molecule is C[C@H](Cn1cncn1)NC(=O)C[C@H](O)c1cc(Cl)cc(Cl)c1. The summed E-state index contributed by atoms with van der Waals surface area (Å²) < 4.78 is 1.62. The Morgan fingerprint density at radius 3 is 2.64 bits per heavy atom. The van der Waals surface area contributed by atoms with Gasteiger partial charge in [0.1, 0.15) is 12.7 Å². The Morgan fingerprint density at radius 2 is 2.05 bits per heavy atom. The number of aliphatic hydroxyl groups is 1. The summed E-state index contributed by atoms with van der Waals surface area (Å²) in [6.07, 6.45) is 1.97. The van der Waals surface area contributed by atoms with E-state index in [4.69, 9.17) is 23.2 Å². The van der Waals surface area contributed by atoms with E-state index in [0.717, 1.165) is 0 Å². The Hall–Kier alpha value is -1.63. The van der Waals surface area contributed by atoms with Crippen LogP contribution >= 0.6 is 23.2 Å². The average Bonchev–Trinajstić information content (AvgIpc) is 2.89. The number of aliphatic hydroxyl groups excluding tert-OH is 1. The van der Waals surface area contributed by atoms with Crippen LogP contribution in [0.25, 0.3) is 0 Å². The molecule has 2 atom stereocenters. The zero-order valence-electron chi connectivity index (χ0n) is 11.9. The van der Waals surface area contributed by atoms with E-state index < -0.39 is 6.10 Å². The molecule has 0 bridgehead atoms. The maximum absolute atomic E-state index is 12.0. The van der Waals surface area contributed by atoms with Crippen LogP contribution in [0.1, 0.15) is 25.0 Å². The predicted molar refractivity (Wildman–Crippen MR) is 83.7 cm³/mol. The molecule has 1 aromatic carbocycles. The van der Waals surface area contributed by atoms with E-state index in [1.54, 1.807) is 29.2 Å². The number of carbonyl (C=O) groups excluding carboxylic acids is 1. The maximum atomic E-state index is 12.0. The van der Waals surface area contributed by atoms with Crippen LogP contribution in [0, 0.1) is 0 Å². The summed E-state index contributed by atoms with van der Waals surface area (Å²) in [5.74, 6) is -0.267. The molecule has 0 saturated carbocycles. The van der Waals surface area contributed by atoms with Crippen LogP contribution in [0.2, 0.25) is 10.0 Å². The fraction of sp³-hybridized carbons (Fsp3) is 0.357. The van der Waals surface area contributed by atoms with Crippen molar-refractivity contribution in [2.75, 3.05) is 0 Å². The van der Waals surface area contributed by atoms with Crippen molar-refractivity contribution >= 4 is 29.1 Å². The van der Waals surface area contributed by atoms with E-state index in [1.165, 1.54) is 6.33 Å². The zero-order valence-corrected chi connectivity index (χ0v) is 13.4. The minimum Gasteiger partial charge on any atom is -0.388 e. The van der Waals surface area contributed by atoms with Gasteiger partial charge in [-0.1, -0.05) is 23.2 Å². The largest absolute Gasteiger partial charge is 0.388 e. The van der Waals surface area contributed by atoms with Crippen LogP contribution < -0.4 is 5.32 Å². The van der Waals surface area contributed by atoms with E-state index in [9.17, 15) is 9.90 Å². The van der Waals surface area contributed by atoms with Gasteiger partial charge in [0.25, 0.3) is 0 Å². The highest BCUT2D eigenvalue weighted by atomic mass is 35.5. The standard InChI is InChI=1S/C14H16Cl2N4O2/c1-9(6-20-8-17-7-18-20)19-14(22)5-13(21)10-2-11(15)4-12(16)3-10/h2-4,7-9,13,21H,5-6H2,1H3,(H,19,22)/t9-,13+/m1/s1. The van der Waals surface area contributed by atoms with Crippen molar-refractivity contribution in [3.8, 4) is 0 Å². The van der Waals surface area contributed by atoms with Crippen LogP contribution in [-0.4, -0.2) is 31.8 Å². The summed E-state index contributed by atoms with van der Waals surface area (Å²) in [4.78, 5) is 15.8. The fourth-order valence-corrected chi connectivity index (χ4v) is 2.59. The molecule has 0 spiro atoms. The van der Waals surface area contributed by atoms with E-state index in [-0.39, 0.29) is 18.4 Å². The monoisotopic (exact) mass is 342 g/mol. The molecule has 1 heterocycles. The van der Waals surface area contributed by atoms with Gasteiger partial charge in [-0.3, -0.25) is 9.48 Å². The van der Waals surface area contributed by atoms with Crippen LogP contribution in [0.15, 0.2) is 30.9 Å². The molecule has 22 heavy (non-hydrogen) atoms. The molecule has 0 radical (unpaired) electrons. The molecule has 6 nitrogen and oxygen atoms in total. The van der Waals surface area contributed by atoms with Gasteiger partial charge in [0.15, 0.2) is 0 Å². The van der Waals surface area contributed by atoms with Crippen LogP contribution in [0.4, 0.5) is 0 Å². The van der Waals surface area contributed by atoms with E-state index >= 15 is 0 Å². The first-order valence-electron chi connectivity index (χ1n) is 6.70. The summed E-state index contributed by atoms with van der Waals surface area (Å²) in [6.45, 7) is 2.35. The van der Waals surface area contributed by atoms with Gasteiger partial charge in [0.2, 0.25) is 5.91 Å². The molecular formula is C14H16Cl2N4O2. The topological polar surface area (TPSA) is 80.0 Å². The highest BCUT2D eigenvalue weighted by molar-refractivity contribution is 6.34. The molecule has 0 aliphatic rings. The first-order valence-corrected chi connectivity index (χ1v) is 7.45. The third-order valence-electron chi connectivity index (χ3n) is 2.98. The number of benzene rings is 1. The number of aromatic nitrogens is 3. The summed E-state index contributed by atoms with van der Waals surface area (Å²) >= 11 is 11.8. The number of carbonyl (C=O) groups is 1. The van der Waals surface area contributed by atoms with Crippen LogP contribution in [-0.2, 0) is 11.3 Å². The van der Waals surface area contributed by atoms with Gasteiger partial charge in [0.05, 0.1) is 19.1 Å². The maximum Gasteiger partial charge on any atom is 0.223 e. The highest BCUT2D eigenvalue weighted by Gasteiger charge is 2.16. The lowest BCUT2D eigenvalue weighted by molar-refractivity contribution is -0.123. The second-order valence-corrected chi connectivity index (χ2v) is 5.88. The third kappa shape index (κ3) is 4.98. The van der Waals surface area contributed by atoms with Gasteiger partial charge in [-0.05, 0) is 30.7 Å². The molecule has 1 aromatic heterocycles. The van der Waals surface area contributed by atoms with Crippen molar-refractivity contribution in [2.24, 2.45) is 0 Å². The number of rotatable bonds is 6. The van der Waals surface area contributed by atoms with Gasteiger partial charge in [-0.25, -0.2) is 4.98 Å². The lowest BCUT2D eigenvalue weighted by atomic mass is 10.1. The Kier molecular flexibility index (Phi) is 5.76. The van der Waals surface area contributed by atoms with Crippen molar-refractivity contribution in [2.45, 2.75) is 32.0 Å². The molecule has 0 saturated heterocycles. The quantitative estimate of drug-likeness (QED) is 0.843. The number of halogens is 2. The first-order chi connectivity index (χ1) is 10.4. The van der Waals surface area contributed by atoms with Crippen molar-refractivity contribution < 1.29 is 9.90 Å². The van der Waals surface area contributed by atoms with Crippen molar-refractivity contribution in [3.05, 3.63) is 46.5 Å². The Morgan fingerprint density at radius 1 is 1.36 bits per heavy atom. The van der Waals surface area contributed by atoms with E-state index in [2.05, 4.69) is 15.4 Å². The second-order valence-electron chi connectivity index (χ2n) is 5.01. The molecule has 0 unspecified atom stereocenters. The summed E-state index contributed by atoms with van der Waals surface area (Å²) in [5.41, 5.74) is 0.511. The van der Waals surface area contributed by atoms with Gasteiger partial charge in [-0.2, -0.15) is 5.10 Å². The van der Waals surface area contributed by atoms with Crippen molar-refractivity contribution in [3.63, 3.8) is 0 Å². The lowest BCUT2D eigenvalue weighted by Crippen LogP contribution is -2.36. The second kappa shape index (κ2) is 7.58. The number of hydrogen-bond acceptors (Lipinski definition) is 4. The first kappa shape index (κ1) is 16.7. The normalized spacial score (nSPS) is 13.6. The summed E-state index contributed by atoms with van der Waals surface area (Å²) in [6, 6.07) is 4.61. The summed E-state index contributed by atoms with van der Waals surface area (Å²) in [5, 5.41) is 17.7. The van der Waals surface area contributed by atoms with E-state index in [0.29, 0.717) is 22.2 Å². The Balaban J connectivity index is 1.88. The molecule has 0 fully saturated rings. The van der Waals surface area contributed by atoms with E-state index in [1.807, 2.05) is 6.92 Å². The van der Waals surface area contributed by atoms with Gasteiger partial charge < -0.3 is 10.4 Å². The lowest BCUT2D eigenvalue weighted by Gasteiger charge is -2.16. The third-order valence-corrected chi connectivity index (χ3v) is 3.42. The summed E-state index contributed by atoms with van der Waals surface area (Å²) in [7, 11) is 0. The fourth-order valence-electron chi connectivity index (χ4n) is 2.05.